The lowest BCUT2D eigenvalue weighted by Crippen LogP contribution is -2.59. The van der Waals surface area contributed by atoms with Gasteiger partial charge in [0.15, 0.2) is 4.80 Å². The van der Waals surface area contributed by atoms with Crippen LogP contribution in [-0.4, -0.2) is 16.2 Å². The van der Waals surface area contributed by atoms with Gasteiger partial charge in [0.25, 0.3) is 5.56 Å². The third kappa shape index (κ3) is 3.58. The summed E-state index contributed by atoms with van der Waals surface area (Å²) in [6, 6.07) is 21.9. The quantitative estimate of drug-likeness (QED) is 0.442. The number of amides is 1. The Morgan fingerprint density at radius 3 is 2.64 bits per heavy atom. The van der Waals surface area contributed by atoms with Crippen molar-refractivity contribution in [3.8, 4) is 5.75 Å². The molecule has 3 unspecified atom stereocenters. The molecule has 0 saturated carbocycles. The van der Waals surface area contributed by atoms with Crippen molar-refractivity contribution in [2.24, 2.45) is 10.9 Å². The van der Waals surface area contributed by atoms with Gasteiger partial charge in [-0.3, -0.25) is 14.2 Å². The predicted octanol–water partition coefficient (Wildman–Crippen LogP) is 4.29. The van der Waals surface area contributed by atoms with E-state index >= 15 is 0 Å². The number of para-hydroxylation sites is 2. The molecule has 1 aromatic heterocycles. The zero-order chi connectivity index (χ0) is 25.0. The highest BCUT2D eigenvalue weighted by Crippen LogP contribution is 2.47. The molecule has 2 aliphatic rings. The SMILES string of the molecule is Cc1ccccc1NC(=O)C1C2c3ccccc3OC1(C)N=c1sc(=Cc3ccccc3Cl)c(=O)n12. The van der Waals surface area contributed by atoms with Gasteiger partial charge in [0.2, 0.25) is 11.6 Å². The summed E-state index contributed by atoms with van der Waals surface area (Å²) in [6.45, 7) is 3.75. The number of anilines is 1. The van der Waals surface area contributed by atoms with Crippen LogP contribution in [0, 0.1) is 12.8 Å². The van der Waals surface area contributed by atoms with Crippen LogP contribution in [0.5, 0.6) is 5.75 Å². The molecule has 6 nitrogen and oxygen atoms in total. The van der Waals surface area contributed by atoms with Crippen molar-refractivity contribution in [1.82, 2.24) is 4.57 Å². The van der Waals surface area contributed by atoms with Crippen molar-refractivity contribution < 1.29 is 9.53 Å². The van der Waals surface area contributed by atoms with E-state index in [-0.39, 0.29) is 11.5 Å². The average Bonchev–Trinajstić information content (AvgIpc) is 3.14. The van der Waals surface area contributed by atoms with Crippen LogP contribution in [0.3, 0.4) is 0 Å². The number of aryl methyl sites for hydroxylation is 1. The number of nitrogens with one attached hydrogen (secondary N) is 1. The number of ether oxygens (including phenoxy) is 1. The molecule has 2 aliphatic heterocycles. The number of nitrogens with zero attached hydrogens (tertiary/aromatic N) is 2. The van der Waals surface area contributed by atoms with E-state index in [1.807, 2.05) is 80.6 Å². The first-order valence-electron chi connectivity index (χ1n) is 11.6. The van der Waals surface area contributed by atoms with E-state index in [9.17, 15) is 9.59 Å². The van der Waals surface area contributed by atoms with Gasteiger partial charge in [-0.1, -0.05) is 77.5 Å². The van der Waals surface area contributed by atoms with Crippen LogP contribution in [0.2, 0.25) is 5.02 Å². The second kappa shape index (κ2) is 8.47. The molecule has 0 saturated heterocycles. The van der Waals surface area contributed by atoms with Crippen molar-refractivity contribution >= 4 is 40.6 Å². The van der Waals surface area contributed by atoms with Gasteiger partial charge in [-0.15, -0.1) is 0 Å². The molecule has 4 aromatic rings. The maximum absolute atomic E-state index is 13.8. The molecule has 1 amide bonds. The van der Waals surface area contributed by atoms with Crippen LogP contribution < -0.4 is 24.9 Å². The van der Waals surface area contributed by atoms with E-state index in [0.29, 0.717) is 25.8 Å². The van der Waals surface area contributed by atoms with Crippen LogP contribution in [0.25, 0.3) is 6.08 Å². The minimum atomic E-state index is -1.19. The molecule has 0 radical (unpaired) electrons. The number of thiazole rings is 1. The lowest BCUT2D eigenvalue weighted by molar-refractivity contribution is -0.131. The summed E-state index contributed by atoms with van der Waals surface area (Å²) in [4.78, 5) is 33.0. The Labute approximate surface area is 216 Å². The fourth-order valence-corrected chi connectivity index (χ4v) is 6.28. The highest BCUT2D eigenvalue weighted by molar-refractivity contribution is 7.07. The number of hydrogen-bond acceptors (Lipinski definition) is 5. The molecular formula is C28H22ClN3O3S. The molecule has 6 rings (SSSR count). The van der Waals surface area contributed by atoms with Crippen LogP contribution in [0.1, 0.15) is 29.7 Å². The Kier molecular flexibility index (Phi) is 5.35. The molecule has 8 heteroatoms. The van der Waals surface area contributed by atoms with Gasteiger partial charge in [-0.05, 0) is 49.2 Å². The number of benzene rings is 3. The van der Waals surface area contributed by atoms with Crippen molar-refractivity contribution in [1.29, 1.82) is 0 Å². The number of carbonyl (C=O) groups excluding carboxylic acids is 1. The van der Waals surface area contributed by atoms with Crippen LogP contribution in [0.4, 0.5) is 5.69 Å². The van der Waals surface area contributed by atoms with E-state index < -0.39 is 17.7 Å². The first-order chi connectivity index (χ1) is 17.4. The van der Waals surface area contributed by atoms with Gasteiger partial charge in [0.1, 0.15) is 11.7 Å². The Morgan fingerprint density at radius 1 is 1.11 bits per heavy atom. The lowest BCUT2D eigenvalue weighted by atomic mass is 9.80. The summed E-state index contributed by atoms with van der Waals surface area (Å²) in [5.41, 5.74) is 1.78. The number of hydrogen-bond donors (Lipinski definition) is 1. The molecule has 2 bridgehead atoms. The van der Waals surface area contributed by atoms with Gasteiger partial charge in [-0.25, -0.2) is 4.99 Å². The Morgan fingerprint density at radius 2 is 1.83 bits per heavy atom. The summed E-state index contributed by atoms with van der Waals surface area (Å²) in [7, 11) is 0. The van der Waals surface area contributed by atoms with Crippen LogP contribution >= 0.6 is 22.9 Å². The molecule has 0 aliphatic carbocycles. The molecule has 1 N–H and O–H groups in total. The van der Waals surface area contributed by atoms with Crippen LogP contribution in [-0.2, 0) is 4.79 Å². The first kappa shape index (κ1) is 22.8. The topological polar surface area (TPSA) is 72.7 Å². The maximum atomic E-state index is 13.8. The Bertz CT molecular complexity index is 1710. The fourth-order valence-electron chi connectivity index (χ4n) is 5.00. The zero-order valence-electron chi connectivity index (χ0n) is 19.6. The minimum absolute atomic E-state index is 0.212. The van der Waals surface area contributed by atoms with Gasteiger partial charge >= 0.3 is 0 Å². The summed E-state index contributed by atoms with van der Waals surface area (Å²) < 4.78 is 8.50. The molecule has 3 heterocycles. The molecule has 0 spiro atoms. The lowest BCUT2D eigenvalue weighted by Gasteiger charge is -2.45. The van der Waals surface area contributed by atoms with E-state index in [0.717, 1.165) is 16.7 Å². The average molecular weight is 516 g/mol. The highest BCUT2D eigenvalue weighted by Gasteiger charge is 2.55. The summed E-state index contributed by atoms with van der Waals surface area (Å²) in [5, 5.41) is 3.61. The van der Waals surface area contributed by atoms with Crippen molar-refractivity contribution in [2.45, 2.75) is 25.6 Å². The monoisotopic (exact) mass is 515 g/mol. The second-order valence-electron chi connectivity index (χ2n) is 9.12. The number of carbonyl (C=O) groups is 1. The summed E-state index contributed by atoms with van der Waals surface area (Å²) in [5.74, 6) is -0.399. The highest BCUT2D eigenvalue weighted by atomic mass is 35.5. The fraction of sp³-hybridized carbons (Fsp3) is 0.179. The van der Waals surface area contributed by atoms with Gasteiger partial charge < -0.3 is 10.1 Å². The minimum Gasteiger partial charge on any atom is -0.465 e. The summed E-state index contributed by atoms with van der Waals surface area (Å²) in [6.07, 6.45) is 1.78. The Balaban J connectivity index is 1.55. The van der Waals surface area contributed by atoms with Crippen LogP contribution in [0.15, 0.2) is 82.6 Å². The van der Waals surface area contributed by atoms with E-state index in [1.54, 1.807) is 16.7 Å². The summed E-state index contributed by atoms with van der Waals surface area (Å²) >= 11 is 7.63. The number of fused-ring (bicyclic) bond motifs is 6. The van der Waals surface area contributed by atoms with E-state index in [1.165, 1.54) is 11.3 Å². The maximum Gasteiger partial charge on any atom is 0.270 e. The van der Waals surface area contributed by atoms with Crippen molar-refractivity contribution in [3.05, 3.63) is 114 Å². The number of rotatable bonds is 3. The number of halogens is 1. The zero-order valence-corrected chi connectivity index (χ0v) is 21.1. The second-order valence-corrected chi connectivity index (χ2v) is 10.5. The van der Waals surface area contributed by atoms with Crippen molar-refractivity contribution in [2.75, 3.05) is 5.32 Å². The normalized spacial score (nSPS) is 22.1. The third-order valence-corrected chi connectivity index (χ3v) is 8.08. The number of aromatic nitrogens is 1. The molecular weight excluding hydrogens is 494 g/mol. The van der Waals surface area contributed by atoms with Crippen molar-refractivity contribution in [3.63, 3.8) is 0 Å². The predicted molar refractivity (Wildman–Crippen MR) is 141 cm³/mol. The smallest absolute Gasteiger partial charge is 0.270 e. The molecule has 180 valence electrons. The molecule has 36 heavy (non-hydrogen) atoms. The molecule has 3 atom stereocenters. The largest absolute Gasteiger partial charge is 0.465 e. The first-order valence-corrected chi connectivity index (χ1v) is 12.8. The van der Waals surface area contributed by atoms with E-state index in [2.05, 4.69) is 5.32 Å². The van der Waals surface area contributed by atoms with Gasteiger partial charge in [0, 0.05) is 16.3 Å². The Hall–Kier alpha value is -3.68. The standard InChI is InChI=1S/C28H22ClN3O3S/c1-16-9-3-7-13-20(16)30-25(33)23-24-18-11-5-8-14-21(18)35-28(23,2)31-27-32(24)26(34)22(36-27)15-17-10-4-6-12-19(17)29/h3-15,23-24H,1-2H3,(H,30,33). The molecule has 3 aromatic carbocycles. The van der Waals surface area contributed by atoms with Gasteiger partial charge in [-0.2, -0.15) is 0 Å². The van der Waals surface area contributed by atoms with E-state index in [4.69, 9.17) is 21.3 Å². The molecule has 0 fully saturated rings. The third-order valence-electron chi connectivity index (χ3n) is 6.76. The van der Waals surface area contributed by atoms with Gasteiger partial charge in [0.05, 0.1) is 10.6 Å².